The summed E-state index contributed by atoms with van der Waals surface area (Å²) in [5.74, 6) is 0.773. The van der Waals surface area contributed by atoms with E-state index in [9.17, 15) is 4.79 Å². The van der Waals surface area contributed by atoms with Crippen LogP contribution in [0, 0.1) is 11.3 Å². The molecule has 0 aromatic carbocycles. The second-order valence-electron chi connectivity index (χ2n) is 7.74. The predicted molar refractivity (Wildman–Crippen MR) is 80.3 cm³/mol. The molecule has 1 saturated heterocycles. The fourth-order valence-electron chi connectivity index (χ4n) is 3.05. The van der Waals surface area contributed by atoms with Crippen LogP contribution in [0.2, 0.25) is 0 Å². The molecule has 4 nitrogen and oxygen atoms in total. The van der Waals surface area contributed by atoms with Crippen molar-refractivity contribution >= 4 is 5.91 Å². The number of nitrogens with zero attached hydrogens (tertiary/aromatic N) is 1. The summed E-state index contributed by atoms with van der Waals surface area (Å²) in [7, 11) is 0. The van der Waals surface area contributed by atoms with Gasteiger partial charge in [-0.25, -0.2) is 0 Å². The van der Waals surface area contributed by atoms with Gasteiger partial charge in [0.25, 0.3) is 0 Å². The van der Waals surface area contributed by atoms with E-state index in [1.165, 1.54) is 0 Å². The third-order valence-corrected chi connectivity index (χ3v) is 4.10. The smallest absolute Gasteiger partial charge is 0.224 e. The second kappa shape index (κ2) is 6.44. The van der Waals surface area contributed by atoms with Crippen LogP contribution in [0.3, 0.4) is 0 Å². The lowest BCUT2D eigenvalue weighted by Crippen LogP contribution is -2.41. The van der Waals surface area contributed by atoms with Gasteiger partial charge in [0.05, 0.1) is 6.61 Å². The van der Waals surface area contributed by atoms with Gasteiger partial charge in [0.1, 0.15) is 0 Å². The first-order valence-corrected chi connectivity index (χ1v) is 7.98. The van der Waals surface area contributed by atoms with Crippen molar-refractivity contribution in [2.24, 2.45) is 17.1 Å². The van der Waals surface area contributed by atoms with Crippen molar-refractivity contribution in [2.75, 3.05) is 19.8 Å². The molecule has 2 aliphatic rings. The van der Waals surface area contributed by atoms with E-state index in [1.807, 2.05) is 0 Å². The molecule has 0 spiro atoms. The Kier molecular flexibility index (Phi) is 5.08. The fourth-order valence-corrected chi connectivity index (χ4v) is 3.05. The SMILES string of the molecule is CC(C)(C)CC(N)CC(=O)N(CC1CCOC1)C1CC1. The van der Waals surface area contributed by atoms with E-state index < -0.39 is 0 Å². The molecule has 1 aliphatic heterocycles. The quantitative estimate of drug-likeness (QED) is 0.812. The number of carbonyl (C=O) groups is 1. The minimum atomic E-state index is -0.0245. The Labute approximate surface area is 123 Å². The third-order valence-electron chi connectivity index (χ3n) is 4.10. The number of rotatable bonds is 6. The highest BCUT2D eigenvalue weighted by atomic mass is 16.5. The number of nitrogens with two attached hydrogens (primary N) is 1. The summed E-state index contributed by atoms with van der Waals surface area (Å²) in [5, 5.41) is 0. The molecule has 1 saturated carbocycles. The summed E-state index contributed by atoms with van der Waals surface area (Å²) in [6.07, 6.45) is 4.79. The zero-order chi connectivity index (χ0) is 14.8. The summed E-state index contributed by atoms with van der Waals surface area (Å²) in [6.45, 7) is 9.04. The molecule has 2 rings (SSSR count). The standard InChI is InChI=1S/C16H30N2O2/c1-16(2,3)9-13(17)8-15(19)18(14-4-5-14)10-12-6-7-20-11-12/h12-14H,4-11,17H2,1-3H3. The zero-order valence-electron chi connectivity index (χ0n) is 13.2. The van der Waals surface area contributed by atoms with Gasteiger partial charge in [-0.1, -0.05) is 20.8 Å². The van der Waals surface area contributed by atoms with Crippen molar-refractivity contribution in [3.05, 3.63) is 0 Å². The van der Waals surface area contributed by atoms with Crippen LogP contribution in [0.1, 0.15) is 52.9 Å². The highest BCUT2D eigenvalue weighted by molar-refractivity contribution is 5.77. The summed E-state index contributed by atoms with van der Waals surface area (Å²) < 4.78 is 5.42. The number of hydrogen-bond donors (Lipinski definition) is 1. The first-order valence-electron chi connectivity index (χ1n) is 7.98. The Hall–Kier alpha value is -0.610. The Morgan fingerprint density at radius 1 is 1.35 bits per heavy atom. The van der Waals surface area contributed by atoms with Gasteiger partial charge in [0.15, 0.2) is 0 Å². The van der Waals surface area contributed by atoms with Gasteiger partial charge in [-0.2, -0.15) is 0 Å². The lowest BCUT2D eigenvalue weighted by atomic mass is 9.87. The van der Waals surface area contributed by atoms with Gasteiger partial charge >= 0.3 is 0 Å². The minimum Gasteiger partial charge on any atom is -0.381 e. The van der Waals surface area contributed by atoms with E-state index >= 15 is 0 Å². The fraction of sp³-hybridized carbons (Fsp3) is 0.938. The van der Waals surface area contributed by atoms with Gasteiger partial charge in [0, 0.05) is 37.6 Å². The van der Waals surface area contributed by atoms with Gasteiger partial charge in [-0.15, -0.1) is 0 Å². The van der Waals surface area contributed by atoms with E-state index in [1.54, 1.807) is 0 Å². The van der Waals surface area contributed by atoms with Crippen LogP contribution in [-0.2, 0) is 9.53 Å². The number of amides is 1. The molecule has 2 N–H and O–H groups in total. The first-order chi connectivity index (χ1) is 9.35. The predicted octanol–water partition coefficient (Wildman–Crippen LogP) is 2.17. The van der Waals surface area contributed by atoms with Crippen molar-refractivity contribution in [3.63, 3.8) is 0 Å². The van der Waals surface area contributed by atoms with Crippen molar-refractivity contribution in [1.82, 2.24) is 4.90 Å². The molecule has 1 aliphatic carbocycles. The summed E-state index contributed by atoms with van der Waals surface area (Å²) in [4.78, 5) is 14.6. The maximum absolute atomic E-state index is 12.5. The molecule has 4 heteroatoms. The number of hydrogen-bond acceptors (Lipinski definition) is 3. The molecule has 2 fully saturated rings. The van der Waals surface area contributed by atoms with Crippen LogP contribution in [0.25, 0.3) is 0 Å². The highest BCUT2D eigenvalue weighted by Gasteiger charge is 2.35. The molecule has 0 aromatic rings. The molecule has 2 unspecified atom stereocenters. The molecular weight excluding hydrogens is 252 g/mol. The Morgan fingerprint density at radius 3 is 2.55 bits per heavy atom. The molecule has 0 aromatic heterocycles. The van der Waals surface area contributed by atoms with Crippen molar-refractivity contribution in [1.29, 1.82) is 0 Å². The van der Waals surface area contributed by atoms with Gasteiger partial charge in [-0.05, 0) is 31.1 Å². The molecule has 0 bridgehead atoms. The third kappa shape index (κ3) is 5.06. The molecule has 1 amide bonds. The molecule has 0 radical (unpaired) electrons. The molecule has 116 valence electrons. The zero-order valence-corrected chi connectivity index (χ0v) is 13.2. The lowest BCUT2D eigenvalue weighted by molar-refractivity contribution is -0.133. The molecule has 1 heterocycles. The van der Waals surface area contributed by atoms with E-state index in [2.05, 4.69) is 25.7 Å². The number of ether oxygens (including phenoxy) is 1. The molecular formula is C16H30N2O2. The topological polar surface area (TPSA) is 55.6 Å². The normalized spacial score (nSPS) is 24.7. The highest BCUT2D eigenvalue weighted by Crippen LogP contribution is 2.30. The van der Waals surface area contributed by atoms with Crippen LogP contribution >= 0.6 is 0 Å². The van der Waals surface area contributed by atoms with Gasteiger partial charge < -0.3 is 15.4 Å². The first kappa shape index (κ1) is 15.8. The van der Waals surface area contributed by atoms with Gasteiger partial charge in [-0.3, -0.25) is 4.79 Å². The Morgan fingerprint density at radius 2 is 2.05 bits per heavy atom. The Balaban J connectivity index is 1.83. The van der Waals surface area contributed by atoms with Crippen LogP contribution < -0.4 is 5.73 Å². The van der Waals surface area contributed by atoms with Crippen LogP contribution in [0.5, 0.6) is 0 Å². The summed E-state index contributed by atoms with van der Waals surface area (Å²) in [5.41, 5.74) is 6.34. The van der Waals surface area contributed by atoms with Crippen LogP contribution in [0.4, 0.5) is 0 Å². The minimum absolute atomic E-state index is 0.0245. The Bertz CT molecular complexity index is 328. The molecule has 2 atom stereocenters. The van der Waals surface area contributed by atoms with E-state index in [-0.39, 0.29) is 17.4 Å². The van der Waals surface area contributed by atoms with Crippen LogP contribution in [0.15, 0.2) is 0 Å². The monoisotopic (exact) mass is 282 g/mol. The average Bonchev–Trinajstić information content (AvgIpc) is 3.00. The van der Waals surface area contributed by atoms with Gasteiger partial charge in [0.2, 0.25) is 5.91 Å². The maximum atomic E-state index is 12.5. The van der Waals surface area contributed by atoms with E-state index in [4.69, 9.17) is 10.5 Å². The van der Waals surface area contributed by atoms with Crippen LogP contribution in [-0.4, -0.2) is 42.6 Å². The molecule has 20 heavy (non-hydrogen) atoms. The lowest BCUT2D eigenvalue weighted by Gasteiger charge is -2.28. The van der Waals surface area contributed by atoms with E-state index in [0.717, 1.165) is 45.4 Å². The van der Waals surface area contributed by atoms with Crippen molar-refractivity contribution in [2.45, 2.75) is 65.0 Å². The second-order valence-corrected chi connectivity index (χ2v) is 7.74. The summed E-state index contributed by atoms with van der Waals surface area (Å²) >= 11 is 0. The maximum Gasteiger partial charge on any atom is 0.224 e. The average molecular weight is 282 g/mol. The van der Waals surface area contributed by atoms with Crippen molar-refractivity contribution in [3.8, 4) is 0 Å². The number of carbonyl (C=O) groups excluding carboxylic acids is 1. The van der Waals surface area contributed by atoms with Crippen molar-refractivity contribution < 1.29 is 9.53 Å². The van der Waals surface area contributed by atoms with E-state index in [0.29, 0.717) is 18.4 Å². The largest absolute Gasteiger partial charge is 0.381 e. The summed E-state index contributed by atoms with van der Waals surface area (Å²) in [6, 6.07) is 0.452.